The second kappa shape index (κ2) is 8.85. The molecule has 0 aliphatic heterocycles. The van der Waals surface area contributed by atoms with Gasteiger partial charge in [0.2, 0.25) is 0 Å². The van der Waals surface area contributed by atoms with Crippen LogP contribution in [0.2, 0.25) is 0 Å². The Balaban J connectivity index is 1.64. The highest BCUT2D eigenvalue weighted by atomic mass is 16.5. The molecule has 27 heavy (non-hydrogen) atoms. The minimum atomic E-state index is -0.224. The van der Waals surface area contributed by atoms with E-state index in [4.69, 9.17) is 4.74 Å². The molecule has 2 aromatic carbocycles. The van der Waals surface area contributed by atoms with E-state index in [2.05, 4.69) is 27.8 Å². The van der Waals surface area contributed by atoms with Crippen LogP contribution in [-0.2, 0) is 6.42 Å². The summed E-state index contributed by atoms with van der Waals surface area (Å²) in [5, 5.41) is 6.21. The molecule has 2 N–H and O–H groups in total. The van der Waals surface area contributed by atoms with Crippen LogP contribution in [0.3, 0.4) is 0 Å². The number of methoxy groups -OCH3 is 1. The molecule has 0 bridgehead atoms. The zero-order chi connectivity index (χ0) is 19.1. The number of aryl methyl sites for hydroxylation is 1. The van der Waals surface area contributed by atoms with E-state index in [1.54, 1.807) is 25.6 Å². The summed E-state index contributed by atoms with van der Waals surface area (Å²) >= 11 is 0. The molecule has 0 saturated carbocycles. The average molecular weight is 361 g/mol. The van der Waals surface area contributed by atoms with Crippen molar-refractivity contribution >= 4 is 17.3 Å². The van der Waals surface area contributed by atoms with Crippen molar-refractivity contribution in [3.63, 3.8) is 0 Å². The van der Waals surface area contributed by atoms with Gasteiger partial charge < -0.3 is 15.4 Å². The van der Waals surface area contributed by atoms with Crippen LogP contribution in [-0.4, -0.2) is 24.5 Å². The van der Waals surface area contributed by atoms with Gasteiger partial charge in [0, 0.05) is 18.9 Å². The third kappa shape index (κ3) is 5.07. The van der Waals surface area contributed by atoms with Crippen LogP contribution in [0.4, 0.5) is 11.4 Å². The molecule has 3 aromatic rings. The number of hydrogen-bond donors (Lipinski definition) is 2. The molecule has 0 spiro atoms. The van der Waals surface area contributed by atoms with Gasteiger partial charge in [-0.2, -0.15) is 0 Å². The number of pyridine rings is 1. The van der Waals surface area contributed by atoms with Crippen LogP contribution in [0.5, 0.6) is 5.75 Å². The molecule has 1 amide bonds. The number of ether oxygens (including phenoxy) is 1. The van der Waals surface area contributed by atoms with Gasteiger partial charge >= 0.3 is 0 Å². The Bertz CT molecular complexity index is 910. The smallest absolute Gasteiger partial charge is 0.257 e. The molecule has 0 aliphatic rings. The van der Waals surface area contributed by atoms with Gasteiger partial charge in [-0.3, -0.25) is 9.78 Å². The van der Waals surface area contributed by atoms with E-state index in [0.717, 1.165) is 24.2 Å². The number of benzene rings is 2. The van der Waals surface area contributed by atoms with Crippen molar-refractivity contribution in [1.29, 1.82) is 0 Å². The number of anilines is 2. The number of carbonyl (C=O) groups excluding carboxylic acids is 1. The van der Waals surface area contributed by atoms with E-state index < -0.39 is 0 Å². The SMILES string of the molecule is COc1ccc(C)cc1NC(=O)c1cncc(NCCc2ccccc2)c1. The van der Waals surface area contributed by atoms with E-state index in [9.17, 15) is 4.79 Å². The van der Waals surface area contributed by atoms with E-state index >= 15 is 0 Å². The fourth-order valence-corrected chi connectivity index (χ4v) is 2.77. The van der Waals surface area contributed by atoms with Gasteiger partial charge in [0.25, 0.3) is 5.91 Å². The lowest BCUT2D eigenvalue weighted by Gasteiger charge is -2.12. The van der Waals surface area contributed by atoms with Gasteiger partial charge in [-0.1, -0.05) is 36.4 Å². The van der Waals surface area contributed by atoms with Crippen LogP contribution in [0.25, 0.3) is 0 Å². The number of amides is 1. The second-order valence-corrected chi connectivity index (χ2v) is 6.28. The van der Waals surface area contributed by atoms with E-state index in [1.165, 1.54) is 5.56 Å². The summed E-state index contributed by atoms with van der Waals surface area (Å²) in [6, 6.07) is 17.7. The Morgan fingerprint density at radius 3 is 2.67 bits per heavy atom. The highest BCUT2D eigenvalue weighted by Crippen LogP contribution is 2.25. The Morgan fingerprint density at radius 2 is 1.89 bits per heavy atom. The molecule has 0 atom stereocenters. The van der Waals surface area contributed by atoms with Crippen molar-refractivity contribution in [1.82, 2.24) is 4.98 Å². The van der Waals surface area contributed by atoms with Crippen LogP contribution in [0.1, 0.15) is 21.5 Å². The predicted octanol–water partition coefficient (Wildman–Crippen LogP) is 4.31. The van der Waals surface area contributed by atoms with Gasteiger partial charge in [0.15, 0.2) is 0 Å². The van der Waals surface area contributed by atoms with Gasteiger partial charge in [-0.15, -0.1) is 0 Å². The molecule has 1 heterocycles. The summed E-state index contributed by atoms with van der Waals surface area (Å²) in [6.45, 7) is 2.73. The van der Waals surface area contributed by atoms with Crippen molar-refractivity contribution < 1.29 is 9.53 Å². The molecule has 3 rings (SSSR count). The van der Waals surface area contributed by atoms with Crippen LogP contribution in [0, 0.1) is 6.92 Å². The maximum atomic E-state index is 12.6. The third-order valence-electron chi connectivity index (χ3n) is 4.19. The topological polar surface area (TPSA) is 63.2 Å². The minimum Gasteiger partial charge on any atom is -0.495 e. The summed E-state index contributed by atoms with van der Waals surface area (Å²) < 4.78 is 5.31. The predicted molar refractivity (Wildman–Crippen MR) is 109 cm³/mol. The number of aromatic nitrogens is 1. The molecule has 0 aliphatic carbocycles. The lowest BCUT2D eigenvalue weighted by Crippen LogP contribution is -2.14. The number of nitrogens with zero attached hydrogens (tertiary/aromatic N) is 1. The largest absolute Gasteiger partial charge is 0.495 e. The van der Waals surface area contributed by atoms with Crippen molar-refractivity contribution in [2.75, 3.05) is 24.3 Å². The fraction of sp³-hybridized carbons (Fsp3) is 0.182. The minimum absolute atomic E-state index is 0.224. The Morgan fingerprint density at radius 1 is 1.07 bits per heavy atom. The zero-order valence-corrected chi connectivity index (χ0v) is 15.5. The average Bonchev–Trinajstić information content (AvgIpc) is 2.69. The molecule has 0 saturated heterocycles. The summed E-state index contributed by atoms with van der Waals surface area (Å²) in [7, 11) is 1.58. The molecule has 5 nitrogen and oxygen atoms in total. The van der Waals surface area contributed by atoms with E-state index in [0.29, 0.717) is 17.0 Å². The maximum Gasteiger partial charge on any atom is 0.257 e. The summed E-state index contributed by atoms with van der Waals surface area (Å²) in [5.74, 6) is 0.400. The molecular formula is C22H23N3O2. The first kappa shape index (κ1) is 18.5. The molecular weight excluding hydrogens is 338 g/mol. The van der Waals surface area contributed by atoms with Crippen molar-refractivity contribution in [2.45, 2.75) is 13.3 Å². The first-order valence-corrected chi connectivity index (χ1v) is 8.84. The lowest BCUT2D eigenvalue weighted by atomic mass is 10.1. The molecule has 138 valence electrons. The fourth-order valence-electron chi connectivity index (χ4n) is 2.77. The highest BCUT2D eigenvalue weighted by molar-refractivity contribution is 6.05. The first-order valence-electron chi connectivity index (χ1n) is 8.84. The van der Waals surface area contributed by atoms with E-state index in [1.807, 2.05) is 43.3 Å². The van der Waals surface area contributed by atoms with Crippen LogP contribution < -0.4 is 15.4 Å². The number of carbonyl (C=O) groups is 1. The molecule has 0 radical (unpaired) electrons. The highest BCUT2D eigenvalue weighted by Gasteiger charge is 2.11. The van der Waals surface area contributed by atoms with Gasteiger partial charge in [0.05, 0.1) is 24.0 Å². The monoisotopic (exact) mass is 361 g/mol. The number of hydrogen-bond acceptors (Lipinski definition) is 4. The Labute approximate surface area is 159 Å². The van der Waals surface area contributed by atoms with Crippen molar-refractivity contribution in [3.8, 4) is 5.75 Å². The first-order chi connectivity index (χ1) is 13.2. The molecule has 0 unspecified atom stereocenters. The standard InChI is InChI=1S/C22H23N3O2/c1-16-8-9-21(27-2)20(12-16)25-22(26)18-13-19(15-23-14-18)24-11-10-17-6-4-3-5-7-17/h3-9,12-15,24H,10-11H2,1-2H3,(H,25,26). The lowest BCUT2D eigenvalue weighted by molar-refractivity contribution is 0.102. The molecule has 1 aromatic heterocycles. The molecule has 0 fully saturated rings. The Kier molecular flexibility index (Phi) is 6.05. The van der Waals surface area contributed by atoms with Crippen LogP contribution >= 0.6 is 0 Å². The van der Waals surface area contributed by atoms with Crippen molar-refractivity contribution in [2.24, 2.45) is 0 Å². The number of rotatable bonds is 7. The van der Waals surface area contributed by atoms with E-state index in [-0.39, 0.29) is 5.91 Å². The summed E-state index contributed by atoms with van der Waals surface area (Å²) in [4.78, 5) is 16.8. The van der Waals surface area contributed by atoms with Crippen molar-refractivity contribution in [3.05, 3.63) is 83.7 Å². The second-order valence-electron chi connectivity index (χ2n) is 6.28. The maximum absolute atomic E-state index is 12.6. The number of nitrogens with one attached hydrogen (secondary N) is 2. The summed E-state index contributed by atoms with van der Waals surface area (Å²) in [5.41, 5.74) is 4.25. The normalized spacial score (nSPS) is 10.3. The van der Waals surface area contributed by atoms with Gasteiger partial charge in [0.1, 0.15) is 5.75 Å². The third-order valence-corrected chi connectivity index (χ3v) is 4.19. The summed E-state index contributed by atoms with van der Waals surface area (Å²) in [6.07, 6.45) is 4.17. The van der Waals surface area contributed by atoms with Gasteiger partial charge in [-0.25, -0.2) is 0 Å². The van der Waals surface area contributed by atoms with Gasteiger partial charge in [-0.05, 0) is 42.7 Å². The van der Waals surface area contributed by atoms with Crippen LogP contribution in [0.15, 0.2) is 67.0 Å². The Hall–Kier alpha value is -3.34. The molecule has 5 heteroatoms. The zero-order valence-electron chi connectivity index (χ0n) is 15.5. The quantitative estimate of drug-likeness (QED) is 0.658.